The molecule has 0 spiro atoms. The number of carbonyl (C=O) groups is 3. The molecule has 35 heavy (non-hydrogen) atoms. The van der Waals surface area contributed by atoms with E-state index in [-0.39, 0.29) is 30.2 Å². The number of aliphatic hydroxyl groups is 1. The predicted molar refractivity (Wildman–Crippen MR) is 137 cm³/mol. The van der Waals surface area contributed by atoms with Gasteiger partial charge >= 0.3 is 0 Å². The first kappa shape index (κ1) is 26.1. The summed E-state index contributed by atoms with van der Waals surface area (Å²) in [5.41, 5.74) is 1.02. The van der Waals surface area contributed by atoms with Gasteiger partial charge in [-0.3, -0.25) is 19.4 Å². The molecule has 1 aliphatic heterocycles. The number of piperidine rings is 1. The average molecular weight is 479 g/mol. The summed E-state index contributed by atoms with van der Waals surface area (Å²) in [6.45, 7) is 7.96. The van der Waals surface area contributed by atoms with E-state index >= 15 is 0 Å². The summed E-state index contributed by atoms with van der Waals surface area (Å²) in [5, 5.41) is 13.8. The Hall–Kier alpha value is -3.52. The fourth-order valence-electron chi connectivity index (χ4n) is 4.52. The van der Waals surface area contributed by atoms with E-state index in [9.17, 15) is 19.5 Å². The van der Waals surface area contributed by atoms with Gasteiger partial charge in [-0.25, -0.2) is 0 Å². The lowest BCUT2D eigenvalue weighted by Gasteiger charge is -2.40. The Morgan fingerprint density at radius 2 is 1.80 bits per heavy atom. The summed E-state index contributed by atoms with van der Waals surface area (Å²) < 4.78 is 0. The first-order chi connectivity index (χ1) is 16.6. The van der Waals surface area contributed by atoms with E-state index in [2.05, 4.69) is 17.0 Å². The molecule has 8 nitrogen and oxygen atoms in total. The monoisotopic (exact) mass is 478 g/mol. The molecule has 0 radical (unpaired) electrons. The summed E-state index contributed by atoms with van der Waals surface area (Å²) in [6.07, 6.45) is 1.19. The summed E-state index contributed by atoms with van der Waals surface area (Å²) >= 11 is 0. The molecule has 1 heterocycles. The Kier molecular flexibility index (Phi) is 8.40. The van der Waals surface area contributed by atoms with E-state index in [1.807, 2.05) is 37.3 Å². The quantitative estimate of drug-likeness (QED) is 0.566. The molecule has 1 fully saturated rings. The van der Waals surface area contributed by atoms with E-state index in [1.54, 1.807) is 30.1 Å². The van der Waals surface area contributed by atoms with Crippen molar-refractivity contribution >= 4 is 35.8 Å². The first-order valence-corrected chi connectivity index (χ1v) is 11.8. The van der Waals surface area contributed by atoms with E-state index in [0.29, 0.717) is 49.3 Å². The third-order valence-electron chi connectivity index (χ3n) is 6.51. The third-order valence-corrected chi connectivity index (χ3v) is 6.51. The number of aliphatic imine (C=N–C) groups is 1. The van der Waals surface area contributed by atoms with Crippen LogP contribution in [0, 0.1) is 0 Å². The maximum atomic E-state index is 13.2. The van der Waals surface area contributed by atoms with Crippen molar-refractivity contribution in [3.8, 4) is 0 Å². The molecule has 3 rings (SSSR count). The SMILES string of the molecule is C=Nc1c(NC(C)=O)cccc1C(=O)N(C)CC1(O)CCN(C(=O)C[C@@H](C)c2ccccc2)CC1. The molecule has 0 bridgehead atoms. The zero-order valence-electron chi connectivity index (χ0n) is 20.7. The van der Waals surface area contributed by atoms with Crippen LogP contribution < -0.4 is 5.32 Å². The number of nitrogens with one attached hydrogen (secondary N) is 1. The van der Waals surface area contributed by atoms with Crippen LogP contribution in [-0.4, -0.2) is 71.6 Å². The van der Waals surface area contributed by atoms with E-state index in [4.69, 9.17) is 0 Å². The van der Waals surface area contributed by atoms with Crippen molar-refractivity contribution in [3.05, 3.63) is 59.7 Å². The lowest BCUT2D eigenvalue weighted by atomic mass is 9.89. The first-order valence-electron chi connectivity index (χ1n) is 11.8. The molecular weight excluding hydrogens is 444 g/mol. The Morgan fingerprint density at radius 1 is 1.14 bits per heavy atom. The zero-order chi connectivity index (χ0) is 25.6. The van der Waals surface area contributed by atoms with Gasteiger partial charge in [-0.2, -0.15) is 0 Å². The largest absolute Gasteiger partial charge is 0.388 e. The van der Waals surface area contributed by atoms with Gasteiger partial charge in [0.2, 0.25) is 11.8 Å². The molecular formula is C27H34N4O4. The molecule has 0 aliphatic carbocycles. The third kappa shape index (κ3) is 6.54. The Bertz CT molecular complexity index is 1080. The van der Waals surface area contributed by atoms with Crippen LogP contribution >= 0.6 is 0 Å². The summed E-state index contributed by atoms with van der Waals surface area (Å²) in [6, 6.07) is 14.9. The summed E-state index contributed by atoms with van der Waals surface area (Å²) in [7, 11) is 1.62. The van der Waals surface area contributed by atoms with Crippen molar-refractivity contribution in [1.29, 1.82) is 0 Å². The number of likely N-dealkylation sites (N-methyl/N-ethyl adjacent to an activating group) is 1. The average Bonchev–Trinajstić information content (AvgIpc) is 2.83. The van der Waals surface area contributed by atoms with Gasteiger partial charge < -0.3 is 20.2 Å². The number of hydrogen-bond acceptors (Lipinski definition) is 5. The Labute approximate surface area is 206 Å². The van der Waals surface area contributed by atoms with Crippen LogP contribution in [0.5, 0.6) is 0 Å². The molecule has 186 valence electrons. The van der Waals surface area contributed by atoms with Crippen LogP contribution in [0.4, 0.5) is 11.4 Å². The topological polar surface area (TPSA) is 102 Å². The maximum Gasteiger partial charge on any atom is 0.255 e. The fraction of sp³-hybridized carbons (Fsp3) is 0.407. The minimum Gasteiger partial charge on any atom is -0.388 e. The van der Waals surface area contributed by atoms with Crippen LogP contribution in [0.15, 0.2) is 53.5 Å². The van der Waals surface area contributed by atoms with Crippen molar-refractivity contribution in [1.82, 2.24) is 9.80 Å². The standard InChI is InChI=1S/C27H34N4O4/c1-19(21-9-6-5-7-10-21)17-24(33)31-15-13-27(35,14-16-31)18-30(4)26(34)22-11-8-12-23(25(22)28-3)29-20(2)32/h5-12,19,35H,3,13-18H2,1-2,4H3,(H,29,32)/t19-/m1/s1. The second-order valence-electron chi connectivity index (χ2n) is 9.32. The van der Waals surface area contributed by atoms with Gasteiger partial charge in [0.15, 0.2) is 0 Å². The molecule has 8 heteroatoms. The second kappa shape index (κ2) is 11.3. The highest BCUT2D eigenvalue weighted by Gasteiger charge is 2.36. The minimum absolute atomic E-state index is 0.0734. The normalized spacial score (nSPS) is 15.7. The molecule has 2 aromatic rings. The molecule has 1 atom stereocenters. The van der Waals surface area contributed by atoms with Crippen molar-refractivity contribution in [2.24, 2.45) is 4.99 Å². The summed E-state index contributed by atoms with van der Waals surface area (Å²) in [4.78, 5) is 44.7. The summed E-state index contributed by atoms with van der Waals surface area (Å²) in [5.74, 6) is -0.414. The van der Waals surface area contributed by atoms with Crippen LogP contribution in [0.2, 0.25) is 0 Å². The fourth-order valence-corrected chi connectivity index (χ4v) is 4.52. The highest BCUT2D eigenvalue weighted by atomic mass is 16.3. The number of carbonyl (C=O) groups excluding carboxylic acids is 3. The van der Waals surface area contributed by atoms with Gasteiger partial charge in [0.05, 0.1) is 22.5 Å². The predicted octanol–water partition coefficient (Wildman–Crippen LogP) is 3.60. The number of para-hydroxylation sites is 1. The van der Waals surface area contributed by atoms with Crippen molar-refractivity contribution in [3.63, 3.8) is 0 Å². The lowest BCUT2D eigenvalue weighted by Crippen LogP contribution is -2.52. The second-order valence-corrected chi connectivity index (χ2v) is 9.32. The number of nitrogens with zero attached hydrogens (tertiary/aromatic N) is 3. The van der Waals surface area contributed by atoms with Crippen LogP contribution in [0.1, 0.15) is 54.9 Å². The van der Waals surface area contributed by atoms with E-state index in [0.717, 1.165) is 5.56 Å². The number of anilines is 1. The Balaban J connectivity index is 1.59. The van der Waals surface area contributed by atoms with Crippen LogP contribution in [0.25, 0.3) is 0 Å². The van der Waals surface area contributed by atoms with Crippen molar-refractivity contribution < 1.29 is 19.5 Å². The number of likely N-dealkylation sites (tertiary alicyclic amines) is 1. The molecule has 1 aliphatic rings. The molecule has 3 amide bonds. The van der Waals surface area contributed by atoms with Gasteiger partial charge in [-0.05, 0) is 43.2 Å². The number of amides is 3. The van der Waals surface area contributed by atoms with Gasteiger partial charge in [0, 0.05) is 40.0 Å². The van der Waals surface area contributed by atoms with Gasteiger partial charge in [-0.15, -0.1) is 0 Å². The Morgan fingerprint density at radius 3 is 2.40 bits per heavy atom. The van der Waals surface area contributed by atoms with E-state index in [1.165, 1.54) is 11.8 Å². The minimum atomic E-state index is -1.09. The molecule has 2 aromatic carbocycles. The molecule has 0 saturated carbocycles. The van der Waals surface area contributed by atoms with Gasteiger partial charge in [-0.1, -0.05) is 43.3 Å². The molecule has 0 unspecified atom stereocenters. The van der Waals surface area contributed by atoms with Crippen LogP contribution in [0.3, 0.4) is 0 Å². The smallest absolute Gasteiger partial charge is 0.255 e. The molecule has 2 N–H and O–H groups in total. The van der Waals surface area contributed by atoms with Crippen LogP contribution in [-0.2, 0) is 9.59 Å². The highest BCUT2D eigenvalue weighted by Crippen LogP contribution is 2.31. The zero-order valence-corrected chi connectivity index (χ0v) is 20.7. The number of benzene rings is 2. The molecule has 0 aromatic heterocycles. The number of hydrogen-bond donors (Lipinski definition) is 2. The van der Waals surface area contributed by atoms with E-state index < -0.39 is 5.60 Å². The number of rotatable bonds is 8. The highest BCUT2D eigenvalue weighted by molar-refractivity contribution is 6.04. The van der Waals surface area contributed by atoms with Crippen molar-refractivity contribution in [2.45, 2.75) is 44.6 Å². The lowest BCUT2D eigenvalue weighted by molar-refractivity contribution is -0.136. The van der Waals surface area contributed by atoms with Gasteiger partial charge in [0.25, 0.3) is 5.91 Å². The molecule has 1 saturated heterocycles. The maximum absolute atomic E-state index is 13.2. The van der Waals surface area contributed by atoms with Gasteiger partial charge in [0.1, 0.15) is 0 Å². The van der Waals surface area contributed by atoms with Crippen molar-refractivity contribution in [2.75, 3.05) is 32.0 Å².